The van der Waals surface area contributed by atoms with Crippen molar-refractivity contribution in [1.29, 1.82) is 0 Å². The number of hydrogen-bond donors (Lipinski definition) is 2. The number of rotatable bonds is 6. The summed E-state index contributed by atoms with van der Waals surface area (Å²) in [6, 6.07) is 6.73. The number of aromatic nitrogens is 2. The van der Waals surface area contributed by atoms with Gasteiger partial charge in [-0.15, -0.1) is 0 Å². The van der Waals surface area contributed by atoms with E-state index < -0.39 is 22.8 Å². The molecule has 7 nitrogen and oxygen atoms in total. The Kier molecular flexibility index (Phi) is 4.77. The van der Waals surface area contributed by atoms with E-state index in [9.17, 15) is 14.7 Å². The second-order valence-corrected chi connectivity index (χ2v) is 4.64. The number of nitrogens with zero attached hydrogens (tertiary/aromatic N) is 2. The standard InChI is InChI=1S/C15H16N2O5/c1-2-3-8-22-11-6-4-10(5-7-11)17-9-12(18)14(19)13(16-17)15(20)21/h4-7,9,18H,2-3,8H2,1H3,(H,20,21). The molecule has 2 aromatic rings. The summed E-state index contributed by atoms with van der Waals surface area (Å²) < 4.78 is 6.65. The highest BCUT2D eigenvalue weighted by atomic mass is 16.5. The molecule has 0 aliphatic rings. The Morgan fingerprint density at radius 1 is 1.32 bits per heavy atom. The van der Waals surface area contributed by atoms with Gasteiger partial charge in [0.2, 0.25) is 5.69 Å². The Hall–Kier alpha value is -2.83. The van der Waals surface area contributed by atoms with Gasteiger partial charge in [-0.2, -0.15) is 5.10 Å². The van der Waals surface area contributed by atoms with Crippen LogP contribution in [-0.4, -0.2) is 32.6 Å². The van der Waals surface area contributed by atoms with Crippen molar-refractivity contribution in [3.63, 3.8) is 0 Å². The van der Waals surface area contributed by atoms with E-state index >= 15 is 0 Å². The zero-order chi connectivity index (χ0) is 16.1. The third kappa shape index (κ3) is 3.43. The Labute approximate surface area is 126 Å². The molecule has 1 aromatic heterocycles. The topological polar surface area (TPSA) is 102 Å². The zero-order valence-corrected chi connectivity index (χ0v) is 12.0. The lowest BCUT2D eigenvalue weighted by molar-refractivity contribution is 0.0686. The first-order valence-electron chi connectivity index (χ1n) is 6.82. The molecular weight excluding hydrogens is 288 g/mol. The number of ether oxygens (including phenoxy) is 1. The molecule has 0 spiro atoms. The number of hydrogen-bond acceptors (Lipinski definition) is 5. The average Bonchev–Trinajstić information content (AvgIpc) is 2.50. The summed E-state index contributed by atoms with van der Waals surface area (Å²) in [7, 11) is 0. The second kappa shape index (κ2) is 6.75. The Morgan fingerprint density at radius 2 is 2.00 bits per heavy atom. The fourth-order valence-electron chi connectivity index (χ4n) is 1.78. The van der Waals surface area contributed by atoms with E-state index in [0.29, 0.717) is 18.0 Å². The van der Waals surface area contributed by atoms with Crippen LogP contribution in [0.25, 0.3) is 5.69 Å². The number of carboxylic acids is 1. The Morgan fingerprint density at radius 3 is 2.59 bits per heavy atom. The number of benzene rings is 1. The van der Waals surface area contributed by atoms with Crippen LogP contribution >= 0.6 is 0 Å². The summed E-state index contributed by atoms with van der Waals surface area (Å²) in [6.07, 6.45) is 3.07. The molecule has 1 aromatic carbocycles. The summed E-state index contributed by atoms with van der Waals surface area (Å²) in [5.41, 5.74) is -1.24. The van der Waals surface area contributed by atoms with Gasteiger partial charge in [-0.3, -0.25) is 4.79 Å². The van der Waals surface area contributed by atoms with Gasteiger partial charge in [-0.1, -0.05) is 13.3 Å². The molecule has 1 heterocycles. The van der Waals surface area contributed by atoms with Crippen molar-refractivity contribution in [1.82, 2.24) is 9.78 Å². The summed E-state index contributed by atoms with van der Waals surface area (Å²) >= 11 is 0. The van der Waals surface area contributed by atoms with Crippen LogP contribution < -0.4 is 10.2 Å². The quantitative estimate of drug-likeness (QED) is 0.789. The minimum Gasteiger partial charge on any atom is -0.503 e. The monoisotopic (exact) mass is 304 g/mol. The van der Waals surface area contributed by atoms with Crippen LogP contribution in [0.15, 0.2) is 35.3 Å². The highest BCUT2D eigenvalue weighted by Crippen LogP contribution is 2.16. The predicted octanol–water partition coefficient (Wildman–Crippen LogP) is 1.82. The van der Waals surface area contributed by atoms with E-state index in [1.54, 1.807) is 24.3 Å². The third-order valence-corrected chi connectivity index (χ3v) is 2.97. The normalized spacial score (nSPS) is 10.4. The smallest absolute Gasteiger partial charge is 0.360 e. The Bertz CT molecular complexity index is 722. The van der Waals surface area contributed by atoms with Crippen molar-refractivity contribution < 1.29 is 19.7 Å². The van der Waals surface area contributed by atoms with Gasteiger partial charge in [0.1, 0.15) is 5.75 Å². The van der Waals surface area contributed by atoms with Crippen molar-refractivity contribution >= 4 is 5.97 Å². The summed E-state index contributed by atoms with van der Waals surface area (Å²) in [4.78, 5) is 22.4. The molecule has 0 radical (unpaired) electrons. The van der Waals surface area contributed by atoms with Crippen LogP contribution in [0.5, 0.6) is 11.5 Å². The molecule has 0 bridgehead atoms. The largest absolute Gasteiger partial charge is 0.503 e. The van der Waals surface area contributed by atoms with Gasteiger partial charge in [-0.25, -0.2) is 9.48 Å². The van der Waals surface area contributed by atoms with Gasteiger partial charge in [0, 0.05) is 0 Å². The van der Waals surface area contributed by atoms with Crippen LogP contribution in [0, 0.1) is 0 Å². The highest BCUT2D eigenvalue weighted by molar-refractivity contribution is 5.85. The van der Waals surface area contributed by atoms with Crippen LogP contribution in [0.1, 0.15) is 30.3 Å². The minimum atomic E-state index is -1.49. The molecule has 116 valence electrons. The SMILES string of the molecule is CCCCOc1ccc(-n2cc(O)c(=O)c(C(=O)O)n2)cc1. The van der Waals surface area contributed by atoms with E-state index in [2.05, 4.69) is 12.0 Å². The first kappa shape index (κ1) is 15.6. The lowest BCUT2D eigenvalue weighted by Gasteiger charge is -2.09. The summed E-state index contributed by atoms with van der Waals surface area (Å²) in [5, 5.41) is 22.2. The minimum absolute atomic E-state index is 0.501. The van der Waals surface area contributed by atoms with Crippen LogP contribution in [0.3, 0.4) is 0 Å². The van der Waals surface area contributed by atoms with E-state index in [4.69, 9.17) is 9.84 Å². The fourth-order valence-corrected chi connectivity index (χ4v) is 1.78. The lowest BCUT2D eigenvalue weighted by atomic mass is 10.3. The van der Waals surface area contributed by atoms with E-state index in [0.717, 1.165) is 23.7 Å². The van der Waals surface area contributed by atoms with Crippen molar-refractivity contribution in [3.8, 4) is 17.2 Å². The van der Waals surface area contributed by atoms with Crippen LogP contribution in [0.4, 0.5) is 0 Å². The summed E-state index contributed by atoms with van der Waals surface area (Å²) in [6.45, 7) is 2.69. The van der Waals surface area contributed by atoms with Gasteiger partial charge in [-0.05, 0) is 30.7 Å². The molecular formula is C15H16N2O5. The molecule has 0 fully saturated rings. The Balaban J connectivity index is 2.28. The van der Waals surface area contributed by atoms with Gasteiger partial charge in [0.05, 0.1) is 18.5 Å². The highest BCUT2D eigenvalue weighted by Gasteiger charge is 2.15. The molecule has 0 saturated carbocycles. The number of aromatic carboxylic acids is 1. The van der Waals surface area contributed by atoms with Gasteiger partial charge in [0.15, 0.2) is 5.75 Å². The van der Waals surface area contributed by atoms with Gasteiger partial charge < -0.3 is 14.9 Å². The van der Waals surface area contributed by atoms with Crippen molar-refractivity contribution in [2.24, 2.45) is 0 Å². The number of unbranched alkanes of at least 4 members (excludes halogenated alkanes) is 1. The maximum Gasteiger partial charge on any atom is 0.360 e. The van der Waals surface area contributed by atoms with Crippen molar-refractivity contribution in [3.05, 3.63) is 46.4 Å². The van der Waals surface area contributed by atoms with E-state index in [1.807, 2.05) is 0 Å². The molecule has 22 heavy (non-hydrogen) atoms. The first-order chi connectivity index (χ1) is 10.5. The molecule has 2 rings (SSSR count). The lowest BCUT2D eigenvalue weighted by Crippen LogP contribution is -2.20. The molecule has 7 heteroatoms. The second-order valence-electron chi connectivity index (χ2n) is 4.64. The molecule has 2 N–H and O–H groups in total. The fraction of sp³-hybridized carbons (Fsp3) is 0.267. The number of carboxylic acid groups (broad SMARTS) is 1. The third-order valence-electron chi connectivity index (χ3n) is 2.97. The van der Waals surface area contributed by atoms with Crippen LogP contribution in [0.2, 0.25) is 0 Å². The molecule has 0 aliphatic carbocycles. The average molecular weight is 304 g/mol. The van der Waals surface area contributed by atoms with Gasteiger partial charge in [0.25, 0.3) is 5.43 Å². The number of aromatic hydroxyl groups is 1. The van der Waals surface area contributed by atoms with Crippen molar-refractivity contribution in [2.75, 3.05) is 6.61 Å². The molecule has 0 amide bonds. The molecule has 0 aliphatic heterocycles. The zero-order valence-electron chi connectivity index (χ0n) is 12.0. The molecule has 0 saturated heterocycles. The summed E-state index contributed by atoms with van der Waals surface area (Å²) in [5.74, 6) is -1.48. The van der Waals surface area contributed by atoms with Gasteiger partial charge >= 0.3 is 5.97 Å². The van der Waals surface area contributed by atoms with Crippen LogP contribution in [-0.2, 0) is 0 Å². The number of carbonyl (C=O) groups is 1. The van der Waals surface area contributed by atoms with Crippen molar-refractivity contribution in [2.45, 2.75) is 19.8 Å². The predicted molar refractivity (Wildman–Crippen MR) is 78.9 cm³/mol. The first-order valence-corrected chi connectivity index (χ1v) is 6.82. The van der Waals surface area contributed by atoms with E-state index in [1.165, 1.54) is 0 Å². The molecule has 0 atom stereocenters. The maximum atomic E-state index is 11.5. The maximum absolute atomic E-state index is 11.5. The van der Waals surface area contributed by atoms with E-state index in [-0.39, 0.29) is 0 Å². The molecule has 0 unspecified atom stereocenters.